The summed E-state index contributed by atoms with van der Waals surface area (Å²) in [6, 6.07) is 93.0. The summed E-state index contributed by atoms with van der Waals surface area (Å²) < 4.78 is 21.6. The minimum atomic E-state index is -0.343. The Hall–Kier alpha value is -11.5. The minimum Gasteiger partial charge on any atom is -0.423 e. The lowest BCUT2D eigenvalue weighted by atomic mass is 10.0. The molecule has 93 heavy (non-hydrogen) atoms. The predicted molar refractivity (Wildman–Crippen MR) is 378 cm³/mol. The number of rotatable bonds is 12. The maximum atomic E-state index is 12.2. The van der Waals surface area contributed by atoms with Crippen molar-refractivity contribution in [1.29, 1.82) is 0 Å². The lowest BCUT2D eigenvalue weighted by Crippen LogP contribution is -2.08. The van der Waals surface area contributed by atoms with E-state index in [0.717, 1.165) is 66.8 Å². The normalized spacial score (nSPS) is 10.2. The van der Waals surface area contributed by atoms with Crippen LogP contribution < -0.4 is 18.9 Å². The first kappa shape index (κ1) is 67.5. The van der Waals surface area contributed by atoms with Gasteiger partial charge in [0.1, 0.15) is 23.0 Å². The summed E-state index contributed by atoms with van der Waals surface area (Å²) in [4.78, 5) is 48.5. The minimum absolute atomic E-state index is 0. The third-order valence-electron chi connectivity index (χ3n) is 14.9. The first-order valence-corrected chi connectivity index (χ1v) is 30.3. The Bertz CT molecular complexity index is 4060. The number of hydrogen-bond donors (Lipinski definition) is 0. The third kappa shape index (κ3) is 20.3. The molecule has 0 spiro atoms. The Morgan fingerprint density at radius 2 is 0.280 bits per heavy atom. The molecular weight excluding hydrogens is 1150 g/mol. The topological polar surface area (TPSA) is 105 Å². The highest BCUT2D eigenvalue weighted by molar-refractivity contribution is 5.93. The van der Waals surface area contributed by atoms with Crippen molar-refractivity contribution in [3.8, 4) is 67.5 Å². The Labute approximate surface area is 547 Å². The zero-order valence-electron chi connectivity index (χ0n) is 53.0. The van der Waals surface area contributed by atoms with E-state index in [9.17, 15) is 19.2 Å². The van der Waals surface area contributed by atoms with Crippen LogP contribution in [0.15, 0.2) is 291 Å². The number of esters is 4. The van der Waals surface area contributed by atoms with E-state index in [1.165, 1.54) is 22.3 Å². The molecule has 12 aromatic carbocycles. The van der Waals surface area contributed by atoms with Crippen LogP contribution in [0.4, 0.5) is 0 Å². The van der Waals surface area contributed by atoms with Crippen molar-refractivity contribution >= 4 is 23.9 Å². The van der Waals surface area contributed by atoms with Crippen LogP contribution in [0.3, 0.4) is 0 Å². The molecule has 0 heterocycles. The second-order valence-corrected chi connectivity index (χ2v) is 22.6. The van der Waals surface area contributed by atoms with E-state index in [1.807, 2.05) is 149 Å². The number of carbonyl (C=O) groups excluding carboxylic acids is 4. The summed E-state index contributed by atoms with van der Waals surface area (Å²) in [6.07, 6.45) is 0. The number of carbonyl (C=O) groups is 4. The molecule has 12 rings (SSSR count). The summed E-state index contributed by atoms with van der Waals surface area (Å²) in [7, 11) is 0. The second-order valence-electron chi connectivity index (χ2n) is 22.6. The molecule has 0 aliphatic rings. The van der Waals surface area contributed by atoms with Gasteiger partial charge < -0.3 is 18.9 Å². The summed E-state index contributed by atoms with van der Waals surface area (Å²) in [6.45, 7) is 16.2. The van der Waals surface area contributed by atoms with E-state index in [4.69, 9.17) is 18.9 Å². The first-order chi connectivity index (χ1) is 44.5. The fourth-order valence-electron chi connectivity index (χ4n) is 9.27. The van der Waals surface area contributed by atoms with Gasteiger partial charge in [-0.15, -0.1) is 0 Å². The molecule has 0 atom stereocenters. The van der Waals surface area contributed by atoms with E-state index >= 15 is 0 Å². The molecule has 0 radical (unpaired) electrons. The molecule has 0 saturated carbocycles. The predicted octanol–water partition coefficient (Wildman–Crippen LogP) is 21.4. The van der Waals surface area contributed by atoms with Gasteiger partial charge in [0.25, 0.3) is 0 Å². The first-order valence-electron chi connectivity index (χ1n) is 30.3. The van der Waals surface area contributed by atoms with E-state index in [0.29, 0.717) is 45.3 Å². The van der Waals surface area contributed by atoms with Gasteiger partial charge in [0.05, 0.1) is 22.3 Å². The van der Waals surface area contributed by atoms with Crippen LogP contribution in [0.1, 0.15) is 93.4 Å². The molecule has 464 valence electrons. The lowest BCUT2D eigenvalue weighted by Gasteiger charge is -2.07. The Morgan fingerprint density at radius 3 is 0.452 bits per heavy atom. The van der Waals surface area contributed by atoms with Gasteiger partial charge in [-0.1, -0.05) is 246 Å². The molecule has 12 aromatic rings. The van der Waals surface area contributed by atoms with Gasteiger partial charge in [-0.2, -0.15) is 0 Å². The molecule has 0 saturated heterocycles. The van der Waals surface area contributed by atoms with Gasteiger partial charge in [0, 0.05) is 0 Å². The summed E-state index contributed by atoms with van der Waals surface area (Å²) in [5, 5.41) is 0. The third-order valence-corrected chi connectivity index (χ3v) is 14.9. The number of aryl methyl sites for hydroxylation is 8. The second kappa shape index (κ2) is 32.8. The molecule has 0 N–H and O–H groups in total. The molecule has 0 fully saturated rings. The maximum absolute atomic E-state index is 12.2. The average molecular weight is 1230 g/mol. The van der Waals surface area contributed by atoms with E-state index in [1.54, 1.807) is 72.8 Å². The van der Waals surface area contributed by atoms with Crippen LogP contribution in [-0.2, 0) is 0 Å². The van der Waals surface area contributed by atoms with Gasteiger partial charge >= 0.3 is 23.9 Å². The molecule has 8 nitrogen and oxygen atoms in total. The van der Waals surface area contributed by atoms with Crippen molar-refractivity contribution in [3.63, 3.8) is 0 Å². The van der Waals surface area contributed by atoms with Crippen LogP contribution in [0.25, 0.3) is 44.5 Å². The molecule has 0 bridgehead atoms. The van der Waals surface area contributed by atoms with Crippen LogP contribution in [0, 0.1) is 55.4 Å². The van der Waals surface area contributed by atoms with E-state index in [-0.39, 0.29) is 31.3 Å². The van der Waals surface area contributed by atoms with Crippen LogP contribution >= 0.6 is 0 Å². The highest BCUT2D eigenvalue weighted by atomic mass is 16.5. The molecule has 0 amide bonds. The largest absolute Gasteiger partial charge is 0.423 e. The molecular formula is C85H76O8. The monoisotopic (exact) mass is 1220 g/mol. The number of ether oxygens (including phenoxy) is 4. The Morgan fingerprint density at radius 1 is 0.172 bits per heavy atom. The number of hydrogen-bond acceptors (Lipinski definition) is 8. The van der Waals surface area contributed by atoms with Gasteiger partial charge in [0.2, 0.25) is 0 Å². The fourth-order valence-corrected chi connectivity index (χ4v) is 9.27. The van der Waals surface area contributed by atoms with Gasteiger partial charge in [-0.05, 0) is 197 Å². The summed E-state index contributed by atoms with van der Waals surface area (Å²) in [5.74, 6) is 0.846. The molecule has 0 aliphatic heterocycles. The van der Waals surface area contributed by atoms with Crippen molar-refractivity contribution < 1.29 is 38.1 Å². The lowest BCUT2D eigenvalue weighted by molar-refractivity contribution is 0.0725. The average Bonchev–Trinajstić information content (AvgIpc) is 3.00. The molecule has 0 unspecified atom stereocenters. The highest BCUT2D eigenvalue weighted by Crippen LogP contribution is 2.27. The van der Waals surface area contributed by atoms with E-state index < -0.39 is 0 Å². The Kier molecular flexibility index (Phi) is 23.8. The van der Waals surface area contributed by atoms with Crippen molar-refractivity contribution in [2.45, 2.75) is 62.8 Å². The molecule has 8 heteroatoms. The standard InChI is InChI=1S/4C21H18O2.CH4/c2*1-15-3-7-17(8-4-15)18-9-11-19(12-10-18)21(22)23-20-13-5-16(2)6-14-20;2*1-15-3-7-17(8-4-15)18-11-13-20(14-12-18)23-21(22)19-9-5-16(2)6-10-19;/h4*3-14H,1-2H3;1H4. The van der Waals surface area contributed by atoms with Crippen molar-refractivity contribution in [1.82, 2.24) is 0 Å². The zero-order chi connectivity index (χ0) is 64.9. The van der Waals surface area contributed by atoms with Gasteiger partial charge in [-0.3, -0.25) is 0 Å². The SMILES string of the molecule is C.Cc1ccc(C(=O)Oc2ccc(-c3ccc(C)cc3)cc2)cc1.Cc1ccc(C(=O)Oc2ccc(-c3ccc(C)cc3)cc2)cc1.Cc1ccc(OC(=O)c2ccc(-c3ccc(C)cc3)cc2)cc1.Cc1ccc(OC(=O)c2ccc(-c3ccc(C)cc3)cc2)cc1. The highest BCUT2D eigenvalue weighted by Gasteiger charge is 2.13. The zero-order valence-corrected chi connectivity index (χ0v) is 53.0. The Balaban J connectivity index is 0.000000159. The van der Waals surface area contributed by atoms with Gasteiger partial charge in [-0.25, -0.2) is 19.2 Å². The molecule has 0 aromatic heterocycles. The summed E-state index contributed by atoms with van der Waals surface area (Å²) >= 11 is 0. The smallest absolute Gasteiger partial charge is 0.343 e. The maximum Gasteiger partial charge on any atom is 0.343 e. The fraction of sp³-hybridized carbons (Fsp3) is 0.106. The van der Waals surface area contributed by atoms with Crippen LogP contribution in [0.5, 0.6) is 23.0 Å². The van der Waals surface area contributed by atoms with Crippen LogP contribution in [-0.4, -0.2) is 23.9 Å². The summed E-state index contributed by atoms with van der Waals surface area (Å²) in [5.41, 5.74) is 20.5. The van der Waals surface area contributed by atoms with Crippen molar-refractivity contribution in [2.24, 2.45) is 0 Å². The van der Waals surface area contributed by atoms with Crippen LogP contribution in [0.2, 0.25) is 0 Å². The van der Waals surface area contributed by atoms with E-state index in [2.05, 4.69) is 125 Å². The molecule has 0 aliphatic carbocycles. The van der Waals surface area contributed by atoms with Gasteiger partial charge in [0.15, 0.2) is 0 Å². The van der Waals surface area contributed by atoms with Crippen molar-refractivity contribution in [3.05, 3.63) is 358 Å². The quantitative estimate of drug-likeness (QED) is 0.0880. The van der Waals surface area contributed by atoms with Crippen molar-refractivity contribution in [2.75, 3.05) is 0 Å². The number of benzene rings is 12.